The van der Waals surface area contributed by atoms with Gasteiger partial charge >= 0.3 is 6.18 Å². The number of halogens is 3. The van der Waals surface area contributed by atoms with E-state index in [1.165, 1.54) is 6.07 Å². The summed E-state index contributed by atoms with van der Waals surface area (Å²) in [4.78, 5) is 14.2. The van der Waals surface area contributed by atoms with Crippen molar-refractivity contribution in [1.29, 1.82) is 0 Å². The molecule has 0 radical (unpaired) electrons. The van der Waals surface area contributed by atoms with Crippen LogP contribution in [-0.4, -0.2) is 32.7 Å². The van der Waals surface area contributed by atoms with Gasteiger partial charge in [-0.05, 0) is 55.3 Å². The van der Waals surface area contributed by atoms with Crippen LogP contribution in [0, 0.1) is 0 Å². The van der Waals surface area contributed by atoms with Crippen molar-refractivity contribution in [1.82, 2.24) is 0 Å². The summed E-state index contributed by atoms with van der Waals surface area (Å²) < 4.78 is 44.3. The van der Waals surface area contributed by atoms with E-state index in [1.54, 1.807) is 31.4 Å². The summed E-state index contributed by atoms with van der Waals surface area (Å²) in [5.74, 6) is 0.310. The van der Waals surface area contributed by atoms with E-state index >= 15 is 0 Å². The summed E-state index contributed by atoms with van der Waals surface area (Å²) in [5.41, 5.74) is 0.828. The number of carbonyl (C=O) groups is 1. The minimum atomic E-state index is -4.44. The van der Waals surface area contributed by atoms with Crippen LogP contribution in [0.3, 0.4) is 0 Å². The Labute approximate surface area is 161 Å². The van der Waals surface area contributed by atoms with Crippen LogP contribution in [0.15, 0.2) is 42.5 Å². The van der Waals surface area contributed by atoms with Crippen molar-refractivity contribution in [2.45, 2.75) is 19.0 Å². The normalized spacial score (nSPS) is 14.1. The highest BCUT2D eigenvalue weighted by Crippen LogP contribution is 2.36. The number of benzene rings is 2. The Balaban J connectivity index is 1.71. The molecule has 8 heteroatoms. The molecule has 1 amide bonds. The third-order valence-corrected chi connectivity index (χ3v) is 4.58. The predicted octanol–water partition coefficient (Wildman–Crippen LogP) is 4.36. The first-order chi connectivity index (χ1) is 13.4. The molecule has 0 unspecified atom stereocenters. The Morgan fingerprint density at radius 2 is 1.79 bits per heavy atom. The van der Waals surface area contributed by atoms with Gasteiger partial charge in [-0.1, -0.05) is 0 Å². The lowest BCUT2D eigenvalue weighted by molar-refractivity contribution is -0.137. The second-order valence-corrected chi connectivity index (χ2v) is 6.55. The fourth-order valence-electron chi connectivity index (χ4n) is 3.14. The Bertz CT molecular complexity index is 816. The van der Waals surface area contributed by atoms with Crippen molar-refractivity contribution in [2.75, 3.05) is 42.3 Å². The van der Waals surface area contributed by atoms with E-state index in [9.17, 15) is 18.0 Å². The van der Waals surface area contributed by atoms with Gasteiger partial charge in [0.1, 0.15) is 5.75 Å². The second-order valence-electron chi connectivity index (χ2n) is 6.55. The lowest BCUT2D eigenvalue weighted by Gasteiger charge is -2.23. The maximum Gasteiger partial charge on any atom is 0.416 e. The molecule has 2 aromatic rings. The Hall–Kier alpha value is -2.90. The molecule has 5 nitrogen and oxygen atoms in total. The van der Waals surface area contributed by atoms with Crippen molar-refractivity contribution in [3.63, 3.8) is 0 Å². The van der Waals surface area contributed by atoms with Crippen LogP contribution in [0.1, 0.15) is 18.4 Å². The van der Waals surface area contributed by atoms with Crippen LogP contribution in [0.2, 0.25) is 0 Å². The number of rotatable bonds is 6. The van der Waals surface area contributed by atoms with Gasteiger partial charge < -0.3 is 20.3 Å². The second kappa shape index (κ2) is 8.41. The zero-order chi connectivity index (χ0) is 20.1. The largest absolute Gasteiger partial charge is 0.497 e. The van der Waals surface area contributed by atoms with Crippen molar-refractivity contribution in [3.05, 3.63) is 48.0 Å². The number of amides is 1. The van der Waals surface area contributed by atoms with Gasteiger partial charge in [0.2, 0.25) is 5.91 Å². The minimum absolute atomic E-state index is 0.145. The molecule has 0 aliphatic carbocycles. The molecule has 28 heavy (non-hydrogen) atoms. The molecule has 150 valence electrons. The van der Waals surface area contributed by atoms with Gasteiger partial charge in [0, 0.05) is 18.8 Å². The first-order valence-electron chi connectivity index (χ1n) is 9.01. The standard InChI is InChI=1S/C20H22F3N3O2/c1-28-16-7-5-15(6-8-16)25-19(27)13-24-17-12-14(20(21,22)23)4-9-18(17)26-10-2-3-11-26/h4-9,12,24H,2-3,10-11,13H2,1H3,(H,25,27). The molecule has 1 saturated heterocycles. The Kier molecular flexibility index (Phi) is 5.96. The Morgan fingerprint density at radius 1 is 1.11 bits per heavy atom. The maximum absolute atomic E-state index is 13.1. The number of nitrogens with one attached hydrogen (secondary N) is 2. The van der Waals surface area contributed by atoms with E-state index in [1.807, 2.05) is 4.90 Å². The lowest BCUT2D eigenvalue weighted by Crippen LogP contribution is -2.24. The average molecular weight is 393 g/mol. The third kappa shape index (κ3) is 4.88. The molecule has 0 atom stereocenters. The van der Waals surface area contributed by atoms with E-state index in [0.29, 0.717) is 22.8 Å². The molecule has 0 saturated carbocycles. The van der Waals surface area contributed by atoms with Crippen molar-refractivity contribution in [3.8, 4) is 5.75 Å². The van der Waals surface area contributed by atoms with Crippen LogP contribution >= 0.6 is 0 Å². The van der Waals surface area contributed by atoms with E-state index in [2.05, 4.69) is 10.6 Å². The number of hydrogen-bond acceptors (Lipinski definition) is 4. The topological polar surface area (TPSA) is 53.6 Å². The van der Waals surface area contributed by atoms with Crippen molar-refractivity contribution >= 4 is 23.0 Å². The molecule has 1 fully saturated rings. The molecule has 1 heterocycles. The highest BCUT2D eigenvalue weighted by atomic mass is 19.4. The predicted molar refractivity (Wildman–Crippen MR) is 103 cm³/mol. The zero-order valence-electron chi connectivity index (χ0n) is 15.5. The molecule has 1 aliphatic heterocycles. The van der Waals surface area contributed by atoms with Crippen LogP contribution in [0.25, 0.3) is 0 Å². The smallest absolute Gasteiger partial charge is 0.416 e. The maximum atomic E-state index is 13.1. The van der Waals surface area contributed by atoms with E-state index in [0.717, 1.165) is 38.1 Å². The van der Waals surface area contributed by atoms with Gasteiger partial charge in [0.05, 0.1) is 30.6 Å². The van der Waals surface area contributed by atoms with Gasteiger partial charge in [-0.15, -0.1) is 0 Å². The first-order valence-corrected chi connectivity index (χ1v) is 9.01. The summed E-state index contributed by atoms with van der Waals surface area (Å²) in [7, 11) is 1.55. The molecule has 2 N–H and O–H groups in total. The quantitative estimate of drug-likeness (QED) is 0.766. The minimum Gasteiger partial charge on any atom is -0.497 e. The first kappa shape index (κ1) is 19.9. The monoisotopic (exact) mass is 393 g/mol. The summed E-state index contributed by atoms with van der Waals surface area (Å²) >= 11 is 0. The molecule has 3 rings (SSSR count). The highest BCUT2D eigenvalue weighted by molar-refractivity contribution is 5.94. The van der Waals surface area contributed by atoms with Crippen molar-refractivity contribution < 1.29 is 22.7 Å². The molecular formula is C20H22F3N3O2. The van der Waals surface area contributed by atoms with E-state index in [4.69, 9.17) is 4.74 Å². The molecule has 1 aliphatic rings. The van der Waals surface area contributed by atoms with Crippen LogP contribution < -0.4 is 20.3 Å². The van der Waals surface area contributed by atoms with Gasteiger partial charge in [-0.25, -0.2) is 0 Å². The van der Waals surface area contributed by atoms with Crippen LogP contribution in [0.4, 0.5) is 30.2 Å². The average Bonchev–Trinajstić information content (AvgIpc) is 3.20. The number of ether oxygens (including phenoxy) is 1. The lowest BCUT2D eigenvalue weighted by atomic mass is 10.1. The third-order valence-electron chi connectivity index (χ3n) is 4.58. The molecular weight excluding hydrogens is 371 g/mol. The number of methoxy groups -OCH3 is 1. The summed E-state index contributed by atoms with van der Waals surface area (Å²) in [5, 5.41) is 5.57. The SMILES string of the molecule is COc1ccc(NC(=O)CNc2cc(C(F)(F)F)ccc2N2CCCC2)cc1. The number of alkyl halides is 3. The zero-order valence-corrected chi connectivity index (χ0v) is 15.5. The Morgan fingerprint density at radius 3 is 2.39 bits per heavy atom. The van der Waals surface area contributed by atoms with Gasteiger partial charge in [-0.3, -0.25) is 4.79 Å². The summed E-state index contributed by atoms with van der Waals surface area (Å²) in [6, 6.07) is 10.4. The number of hydrogen-bond donors (Lipinski definition) is 2. The fourth-order valence-corrected chi connectivity index (χ4v) is 3.14. The fraction of sp³-hybridized carbons (Fsp3) is 0.350. The summed E-state index contributed by atoms with van der Waals surface area (Å²) in [6.07, 6.45) is -2.44. The molecule has 0 bridgehead atoms. The molecule has 2 aromatic carbocycles. The van der Waals surface area contributed by atoms with Crippen LogP contribution in [0.5, 0.6) is 5.75 Å². The molecule has 0 aromatic heterocycles. The van der Waals surface area contributed by atoms with Gasteiger partial charge in [0.25, 0.3) is 0 Å². The van der Waals surface area contributed by atoms with E-state index in [-0.39, 0.29) is 12.5 Å². The highest BCUT2D eigenvalue weighted by Gasteiger charge is 2.31. The summed E-state index contributed by atoms with van der Waals surface area (Å²) in [6.45, 7) is 1.43. The van der Waals surface area contributed by atoms with Gasteiger partial charge in [-0.2, -0.15) is 13.2 Å². The van der Waals surface area contributed by atoms with Crippen LogP contribution in [-0.2, 0) is 11.0 Å². The number of nitrogens with zero attached hydrogens (tertiary/aromatic N) is 1. The van der Waals surface area contributed by atoms with Gasteiger partial charge in [0.15, 0.2) is 0 Å². The van der Waals surface area contributed by atoms with Crippen molar-refractivity contribution in [2.24, 2.45) is 0 Å². The van der Waals surface area contributed by atoms with E-state index < -0.39 is 11.7 Å². The molecule has 0 spiro atoms. The number of anilines is 3. The number of carbonyl (C=O) groups excluding carboxylic acids is 1.